The molecule has 7 nitrogen and oxygen atoms in total. The van der Waals surface area contributed by atoms with Gasteiger partial charge in [0.05, 0.1) is 16.0 Å². The maximum Gasteiger partial charge on any atom is 0.233 e. The quantitative estimate of drug-likeness (QED) is 0.328. The third kappa shape index (κ3) is 4.42. The van der Waals surface area contributed by atoms with Gasteiger partial charge in [0.15, 0.2) is 0 Å². The zero-order chi connectivity index (χ0) is 21.9. The fourth-order valence-corrected chi connectivity index (χ4v) is 5.63. The van der Waals surface area contributed by atoms with Gasteiger partial charge in [-0.1, -0.05) is 23.9 Å². The Balaban J connectivity index is 1.23. The molecule has 1 saturated heterocycles. The van der Waals surface area contributed by atoms with E-state index in [1.807, 2.05) is 11.0 Å². The highest BCUT2D eigenvalue weighted by Gasteiger charge is 2.23. The molecule has 1 aromatic carbocycles. The Labute approximate surface area is 192 Å². The van der Waals surface area contributed by atoms with Gasteiger partial charge in [0, 0.05) is 43.4 Å². The molecule has 1 amide bonds. The van der Waals surface area contributed by atoms with Crippen molar-refractivity contribution in [3.63, 3.8) is 0 Å². The first-order valence-corrected chi connectivity index (χ1v) is 11.9. The normalized spacial score (nSPS) is 14.2. The molecule has 0 atom stereocenters. The van der Waals surface area contributed by atoms with Crippen LogP contribution in [-0.2, 0) is 4.79 Å². The number of piperazine rings is 1. The van der Waals surface area contributed by atoms with Crippen LogP contribution in [0, 0.1) is 5.82 Å². The summed E-state index contributed by atoms with van der Waals surface area (Å²) in [6.07, 6.45) is 4.98. The first kappa shape index (κ1) is 20.8. The van der Waals surface area contributed by atoms with Gasteiger partial charge in [-0.2, -0.15) is 0 Å². The van der Waals surface area contributed by atoms with E-state index >= 15 is 0 Å². The number of rotatable bonds is 5. The number of thiophene rings is 1. The van der Waals surface area contributed by atoms with E-state index in [1.54, 1.807) is 41.9 Å². The number of hydrogen-bond acceptors (Lipinski definition) is 8. The van der Waals surface area contributed by atoms with E-state index in [2.05, 4.69) is 24.8 Å². The molecule has 0 bridgehead atoms. The molecule has 32 heavy (non-hydrogen) atoms. The summed E-state index contributed by atoms with van der Waals surface area (Å²) in [6, 6.07) is 10.2. The van der Waals surface area contributed by atoms with Gasteiger partial charge in [-0.05, 0) is 29.8 Å². The van der Waals surface area contributed by atoms with Crippen molar-refractivity contribution in [2.24, 2.45) is 0 Å². The van der Waals surface area contributed by atoms with Crippen molar-refractivity contribution in [2.45, 2.75) is 5.03 Å². The lowest BCUT2D eigenvalue weighted by Crippen LogP contribution is -2.49. The standard InChI is InChI=1S/C22H19FN6OS2/c23-16-4-2-15(3-5-16)18-12-17-20(32-18)21(27-14-26-17)31-13-19(30)28-8-10-29(11-9-28)22-24-6-1-7-25-22/h1-7,12,14H,8-11,13H2. The van der Waals surface area contributed by atoms with Crippen LogP contribution in [0.2, 0.25) is 0 Å². The lowest BCUT2D eigenvalue weighted by molar-refractivity contribution is -0.128. The molecule has 10 heteroatoms. The van der Waals surface area contributed by atoms with Crippen molar-refractivity contribution < 1.29 is 9.18 Å². The van der Waals surface area contributed by atoms with Gasteiger partial charge in [-0.25, -0.2) is 24.3 Å². The number of carbonyl (C=O) groups excluding carboxylic acids is 1. The molecule has 0 spiro atoms. The average molecular weight is 467 g/mol. The van der Waals surface area contributed by atoms with Crippen LogP contribution in [0.4, 0.5) is 10.3 Å². The number of carbonyl (C=O) groups is 1. The van der Waals surface area contributed by atoms with Crippen LogP contribution in [0.1, 0.15) is 0 Å². The fraction of sp³-hybridized carbons (Fsp3) is 0.227. The van der Waals surface area contributed by atoms with E-state index in [4.69, 9.17) is 0 Å². The SMILES string of the molecule is O=C(CSc1ncnc2cc(-c3ccc(F)cc3)sc12)N1CCN(c2ncccn2)CC1. The Kier molecular flexibility index (Phi) is 5.95. The molecular weight excluding hydrogens is 447 g/mol. The van der Waals surface area contributed by atoms with Crippen molar-refractivity contribution in [3.05, 3.63) is 60.9 Å². The second kappa shape index (κ2) is 9.17. The summed E-state index contributed by atoms with van der Waals surface area (Å²) in [5, 5.41) is 0.790. The first-order chi connectivity index (χ1) is 15.7. The Bertz CT molecular complexity index is 1230. The van der Waals surface area contributed by atoms with E-state index in [0.717, 1.165) is 25.7 Å². The average Bonchev–Trinajstić information content (AvgIpc) is 3.29. The van der Waals surface area contributed by atoms with Gasteiger partial charge in [0.2, 0.25) is 11.9 Å². The number of hydrogen-bond donors (Lipinski definition) is 0. The molecule has 0 unspecified atom stereocenters. The molecular formula is C22H19FN6OS2. The monoisotopic (exact) mass is 466 g/mol. The molecule has 162 valence electrons. The third-order valence-corrected chi connectivity index (χ3v) is 7.49. The minimum atomic E-state index is -0.262. The number of benzene rings is 1. The van der Waals surface area contributed by atoms with E-state index in [9.17, 15) is 9.18 Å². The molecule has 1 aliphatic heterocycles. The van der Waals surface area contributed by atoms with Crippen LogP contribution in [-0.4, -0.2) is 62.7 Å². The van der Waals surface area contributed by atoms with E-state index in [-0.39, 0.29) is 11.7 Å². The van der Waals surface area contributed by atoms with Gasteiger partial charge in [0.1, 0.15) is 17.2 Å². The third-order valence-electron chi connectivity index (χ3n) is 5.21. The van der Waals surface area contributed by atoms with Crippen molar-refractivity contribution in [3.8, 4) is 10.4 Å². The van der Waals surface area contributed by atoms with Crippen LogP contribution < -0.4 is 4.90 Å². The molecule has 0 N–H and O–H groups in total. The lowest BCUT2D eigenvalue weighted by Gasteiger charge is -2.34. The minimum absolute atomic E-state index is 0.0886. The topological polar surface area (TPSA) is 75.1 Å². The van der Waals surface area contributed by atoms with Crippen LogP contribution in [0.15, 0.2) is 60.1 Å². The number of halogens is 1. The van der Waals surface area contributed by atoms with Crippen LogP contribution in [0.25, 0.3) is 20.7 Å². The number of thioether (sulfide) groups is 1. The number of nitrogens with zero attached hydrogens (tertiary/aromatic N) is 6. The second-order valence-corrected chi connectivity index (χ2v) is 9.23. The summed E-state index contributed by atoms with van der Waals surface area (Å²) in [6.45, 7) is 2.71. The highest BCUT2D eigenvalue weighted by molar-refractivity contribution is 8.00. The minimum Gasteiger partial charge on any atom is -0.338 e. The van der Waals surface area contributed by atoms with Gasteiger partial charge in [0.25, 0.3) is 0 Å². The first-order valence-electron chi connectivity index (χ1n) is 10.1. The zero-order valence-electron chi connectivity index (χ0n) is 17.0. The maximum atomic E-state index is 13.2. The zero-order valence-corrected chi connectivity index (χ0v) is 18.7. The highest BCUT2D eigenvalue weighted by Crippen LogP contribution is 2.37. The molecule has 0 saturated carbocycles. The lowest BCUT2D eigenvalue weighted by atomic mass is 10.2. The Hall–Kier alpha value is -3.11. The van der Waals surface area contributed by atoms with E-state index < -0.39 is 0 Å². The number of fused-ring (bicyclic) bond motifs is 1. The molecule has 0 aliphatic carbocycles. The fourth-order valence-electron chi connectivity index (χ4n) is 3.52. The van der Waals surface area contributed by atoms with Crippen molar-refractivity contribution in [1.29, 1.82) is 0 Å². The van der Waals surface area contributed by atoms with Crippen LogP contribution >= 0.6 is 23.1 Å². The molecule has 3 aromatic heterocycles. The summed E-state index contributed by atoms with van der Waals surface area (Å²) in [5.74, 6) is 0.844. The molecule has 5 rings (SSSR count). The van der Waals surface area contributed by atoms with E-state index in [1.165, 1.54) is 30.2 Å². The molecule has 4 aromatic rings. The summed E-state index contributed by atoms with van der Waals surface area (Å²) >= 11 is 2.98. The highest BCUT2D eigenvalue weighted by atomic mass is 32.2. The van der Waals surface area contributed by atoms with Gasteiger partial charge < -0.3 is 9.80 Å². The summed E-state index contributed by atoms with van der Waals surface area (Å²) in [5.41, 5.74) is 1.76. The Morgan fingerprint density at radius 3 is 2.53 bits per heavy atom. The Morgan fingerprint density at radius 2 is 1.78 bits per heavy atom. The summed E-state index contributed by atoms with van der Waals surface area (Å²) in [4.78, 5) is 35.1. The number of amides is 1. The van der Waals surface area contributed by atoms with Gasteiger partial charge >= 0.3 is 0 Å². The largest absolute Gasteiger partial charge is 0.338 e. The number of anilines is 1. The Morgan fingerprint density at radius 1 is 1.03 bits per heavy atom. The smallest absolute Gasteiger partial charge is 0.233 e. The summed E-state index contributed by atoms with van der Waals surface area (Å²) < 4.78 is 14.2. The summed E-state index contributed by atoms with van der Waals surface area (Å²) in [7, 11) is 0. The predicted molar refractivity (Wildman–Crippen MR) is 124 cm³/mol. The molecule has 1 fully saturated rings. The van der Waals surface area contributed by atoms with Crippen molar-refractivity contribution in [2.75, 3.05) is 36.8 Å². The van der Waals surface area contributed by atoms with Crippen molar-refractivity contribution in [1.82, 2.24) is 24.8 Å². The molecule has 0 radical (unpaired) electrons. The van der Waals surface area contributed by atoms with Gasteiger partial charge in [-0.15, -0.1) is 11.3 Å². The molecule has 1 aliphatic rings. The van der Waals surface area contributed by atoms with Gasteiger partial charge in [-0.3, -0.25) is 4.79 Å². The van der Waals surface area contributed by atoms with Crippen molar-refractivity contribution >= 4 is 45.2 Å². The van der Waals surface area contributed by atoms with Crippen LogP contribution in [0.5, 0.6) is 0 Å². The van der Waals surface area contributed by atoms with E-state index in [0.29, 0.717) is 37.9 Å². The second-order valence-electron chi connectivity index (χ2n) is 7.22. The maximum absolute atomic E-state index is 13.2. The number of aromatic nitrogens is 4. The predicted octanol–water partition coefficient (Wildman–Crippen LogP) is 3.73. The van der Waals surface area contributed by atoms with Crippen LogP contribution in [0.3, 0.4) is 0 Å². The molecule has 4 heterocycles.